The van der Waals surface area contributed by atoms with Crippen molar-refractivity contribution in [1.82, 2.24) is 19.8 Å². The molecule has 2 saturated heterocycles. The number of hydrogen-bond acceptors (Lipinski definition) is 7. The van der Waals surface area contributed by atoms with Gasteiger partial charge in [0, 0.05) is 44.3 Å². The molecule has 4 rings (SSSR count). The number of likely N-dealkylation sites (tertiary alicyclic amines) is 2. The van der Waals surface area contributed by atoms with Gasteiger partial charge >= 0.3 is 0 Å². The lowest BCUT2D eigenvalue weighted by Gasteiger charge is -2.37. The molecule has 0 bridgehead atoms. The summed E-state index contributed by atoms with van der Waals surface area (Å²) < 4.78 is 0. The normalized spacial score (nSPS) is 24.2. The highest BCUT2D eigenvalue weighted by atomic mass is 32.1. The van der Waals surface area contributed by atoms with Gasteiger partial charge in [-0.05, 0) is 31.4 Å². The Labute approximate surface area is 158 Å². The van der Waals surface area contributed by atoms with Crippen molar-refractivity contribution < 1.29 is 10.2 Å². The van der Waals surface area contributed by atoms with Gasteiger partial charge in [0.05, 0.1) is 24.0 Å². The molecule has 140 valence electrons. The second kappa shape index (κ2) is 7.70. The molecule has 7 heteroatoms. The molecule has 2 fully saturated rings. The van der Waals surface area contributed by atoms with Gasteiger partial charge in [0.1, 0.15) is 10.6 Å². The third kappa shape index (κ3) is 4.13. The molecule has 0 spiro atoms. The fourth-order valence-electron chi connectivity index (χ4n) is 3.80. The summed E-state index contributed by atoms with van der Waals surface area (Å²) in [5.41, 5.74) is 1.07. The van der Waals surface area contributed by atoms with E-state index in [0.717, 1.165) is 62.1 Å². The first-order chi connectivity index (χ1) is 12.6. The molecule has 2 N–H and O–H groups in total. The molecule has 2 aliphatic rings. The van der Waals surface area contributed by atoms with Gasteiger partial charge in [0.25, 0.3) is 0 Å². The number of aliphatic hydroxyl groups excluding tert-OH is 1. The third-order valence-corrected chi connectivity index (χ3v) is 6.26. The van der Waals surface area contributed by atoms with Gasteiger partial charge in [-0.15, -0.1) is 11.3 Å². The number of aliphatic hydroxyl groups is 2. The molecule has 4 heterocycles. The monoisotopic (exact) mass is 374 g/mol. The van der Waals surface area contributed by atoms with Crippen molar-refractivity contribution in [3.63, 3.8) is 0 Å². The minimum absolute atomic E-state index is 0.206. The topological polar surface area (TPSA) is 72.7 Å². The van der Waals surface area contributed by atoms with E-state index in [2.05, 4.69) is 14.8 Å². The molecule has 0 saturated carbocycles. The number of rotatable bonds is 5. The summed E-state index contributed by atoms with van der Waals surface area (Å²) in [4.78, 5) is 13.7. The maximum Gasteiger partial charge on any atom is 0.110 e. The molecule has 1 atom stereocenters. The highest BCUT2D eigenvalue weighted by Crippen LogP contribution is 2.34. The molecule has 0 unspecified atom stereocenters. The van der Waals surface area contributed by atoms with E-state index in [0.29, 0.717) is 12.8 Å². The number of hydrogen-bond donors (Lipinski definition) is 2. The smallest absolute Gasteiger partial charge is 0.110 e. The first-order valence-electron chi connectivity index (χ1n) is 9.31. The largest absolute Gasteiger partial charge is 0.392 e. The van der Waals surface area contributed by atoms with E-state index in [1.807, 2.05) is 29.8 Å². The van der Waals surface area contributed by atoms with Gasteiger partial charge in [-0.25, -0.2) is 4.98 Å². The highest BCUT2D eigenvalue weighted by molar-refractivity contribution is 7.09. The fourth-order valence-corrected chi connectivity index (χ4v) is 4.73. The van der Waals surface area contributed by atoms with Crippen molar-refractivity contribution in [2.75, 3.05) is 26.2 Å². The molecule has 26 heavy (non-hydrogen) atoms. The van der Waals surface area contributed by atoms with E-state index >= 15 is 0 Å². The van der Waals surface area contributed by atoms with E-state index in [1.54, 1.807) is 11.3 Å². The van der Waals surface area contributed by atoms with Crippen molar-refractivity contribution in [3.05, 3.63) is 46.2 Å². The molecular formula is C19H26N4O2S. The Morgan fingerprint density at radius 2 is 2.00 bits per heavy atom. The molecule has 0 aliphatic carbocycles. The number of aromatic nitrogens is 2. The number of β-amino-alcohol motifs (C(OH)–C–C–N with tert-alkyl or cyclic N) is 1. The Morgan fingerprint density at radius 3 is 2.69 bits per heavy atom. The maximum absolute atomic E-state index is 11.1. The van der Waals surface area contributed by atoms with Crippen LogP contribution in [-0.4, -0.2) is 62.3 Å². The Bertz CT molecular complexity index is 715. The van der Waals surface area contributed by atoms with Crippen molar-refractivity contribution in [1.29, 1.82) is 0 Å². The Kier molecular flexibility index (Phi) is 5.33. The first kappa shape index (κ1) is 18.0. The predicted molar refractivity (Wildman–Crippen MR) is 101 cm³/mol. The molecule has 6 nitrogen and oxygen atoms in total. The van der Waals surface area contributed by atoms with Gasteiger partial charge in [0.2, 0.25) is 0 Å². The van der Waals surface area contributed by atoms with Gasteiger partial charge in [-0.1, -0.05) is 6.07 Å². The molecule has 0 amide bonds. The number of piperidine rings is 1. The van der Waals surface area contributed by atoms with Crippen molar-refractivity contribution in [2.45, 2.75) is 44.1 Å². The zero-order chi connectivity index (χ0) is 18.0. The number of pyridine rings is 1. The van der Waals surface area contributed by atoms with Crippen LogP contribution in [0.1, 0.15) is 35.7 Å². The van der Waals surface area contributed by atoms with E-state index in [4.69, 9.17) is 4.98 Å². The van der Waals surface area contributed by atoms with Crippen LogP contribution >= 0.6 is 11.3 Å². The quantitative estimate of drug-likeness (QED) is 0.828. The number of thiazole rings is 1. The maximum atomic E-state index is 11.1. The summed E-state index contributed by atoms with van der Waals surface area (Å²) in [5, 5.41) is 23.8. The third-order valence-electron chi connectivity index (χ3n) is 5.43. The molecule has 2 aliphatic heterocycles. The van der Waals surface area contributed by atoms with Crippen LogP contribution in [0.15, 0.2) is 29.8 Å². The van der Waals surface area contributed by atoms with Crippen LogP contribution in [0.5, 0.6) is 0 Å². The van der Waals surface area contributed by atoms with Crippen LogP contribution in [0.25, 0.3) is 0 Å². The Balaban J connectivity index is 1.33. The van der Waals surface area contributed by atoms with Crippen LogP contribution < -0.4 is 0 Å². The SMILES string of the molecule is O[C@@H]1CCN(Cc2nc(C3(O)CCN(Cc4ccccn4)CC3)cs2)C1. The van der Waals surface area contributed by atoms with Crippen molar-refractivity contribution in [2.24, 2.45) is 0 Å². The van der Waals surface area contributed by atoms with Crippen LogP contribution in [0, 0.1) is 0 Å². The van der Waals surface area contributed by atoms with Crippen molar-refractivity contribution in [3.8, 4) is 0 Å². The summed E-state index contributed by atoms with van der Waals surface area (Å²) in [6, 6.07) is 5.99. The lowest BCUT2D eigenvalue weighted by atomic mass is 9.89. The molecule has 2 aromatic rings. The molecular weight excluding hydrogens is 348 g/mol. The summed E-state index contributed by atoms with van der Waals surface area (Å²) in [6.45, 7) is 4.93. The molecule has 0 aromatic carbocycles. The zero-order valence-corrected chi connectivity index (χ0v) is 15.7. The average molecular weight is 375 g/mol. The van der Waals surface area contributed by atoms with Crippen LogP contribution in [0.3, 0.4) is 0 Å². The molecule has 0 radical (unpaired) electrons. The van der Waals surface area contributed by atoms with Crippen molar-refractivity contribution >= 4 is 11.3 Å². The van der Waals surface area contributed by atoms with E-state index in [9.17, 15) is 10.2 Å². The van der Waals surface area contributed by atoms with Gasteiger partial charge < -0.3 is 10.2 Å². The second-order valence-electron chi connectivity index (χ2n) is 7.43. The Morgan fingerprint density at radius 1 is 1.15 bits per heavy atom. The second-order valence-corrected chi connectivity index (χ2v) is 8.38. The highest BCUT2D eigenvalue weighted by Gasteiger charge is 2.36. The predicted octanol–water partition coefficient (Wildman–Crippen LogP) is 1.59. The van der Waals surface area contributed by atoms with Gasteiger partial charge in [0.15, 0.2) is 0 Å². The lowest BCUT2D eigenvalue weighted by molar-refractivity contribution is -0.0310. The zero-order valence-electron chi connectivity index (χ0n) is 14.9. The average Bonchev–Trinajstić information content (AvgIpc) is 3.28. The van der Waals surface area contributed by atoms with Crippen LogP contribution in [0.4, 0.5) is 0 Å². The summed E-state index contributed by atoms with van der Waals surface area (Å²) in [7, 11) is 0. The standard InChI is InChI=1S/C19H26N4O2S/c24-16-4-8-23(12-16)13-18-21-17(14-26-18)19(25)5-9-22(10-6-19)11-15-3-1-2-7-20-15/h1-3,7,14,16,24-25H,4-6,8-13H2/t16-/m1/s1. The minimum Gasteiger partial charge on any atom is -0.392 e. The number of nitrogens with zero attached hydrogens (tertiary/aromatic N) is 4. The summed E-state index contributed by atoms with van der Waals surface area (Å²) in [6.07, 6.45) is 3.86. The fraction of sp³-hybridized carbons (Fsp3) is 0.579. The summed E-state index contributed by atoms with van der Waals surface area (Å²) in [5.74, 6) is 0. The van der Waals surface area contributed by atoms with E-state index < -0.39 is 5.60 Å². The lowest BCUT2D eigenvalue weighted by Crippen LogP contribution is -2.42. The minimum atomic E-state index is -0.820. The van der Waals surface area contributed by atoms with Crippen LogP contribution in [-0.2, 0) is 18.7 Å². The van der Waals surface area contributed by atoms with Gasteiger partial charge in [-0.2, -0.15) is 0 Å². The van der Waals surface area contributed by atoms with Gasteiger partial charge in [-0.3, -0.25) is 14.8 Å². The summed E-state index contributed by atoms with van der Waals surface area (Å²) >= 11 is 1.62. The van der Waals surface area contributed by atoms with E-state index in [-0.39, 0.29) is 6.10 Å². The first-order valence-corrected chi connectivity index (χ1v) is 10.2. The Hall–Kier alpha value is -1.38. The van der Waals surface area contributed by atoms with E-state index in [1.165, 1.54) is 0 Å². The van der Waals surface area contributed by atoms with Crippen LogP contribution in [0.2, 0.25) is 0 Å². The molecule has 2 aromatic heterocycles.